The lowest BCUT2D eigenvalue weighted by Gasteiger charge is -2.24. The minimum Gasteiger partial charge on any atom is -0.481 e. The molecule has 1 fully saturated rings. The van der Waals surface area contributed by atoms with Crippen LogP contribution in [0, 0.1) is 11.8 Å². The summed E-state index contributed by atoms with van der Waals surface area (Å²) in [5.74, 6) is -0.866. The van der Waals surface area contributed by atoms with Crippen molar-refractivity contribution >= 4 is 35.5 Å². The zero-order valence-electron chi connectivity index (χ0n) is 14.3. The van der Waals surface area contributed by atoms with E-state index >= 15 is 0 Å². The van der Waals surface area contributed by atoms with Crippen molar-refractivity contribution in [3.05, 3.63) is 23.4 Å². The molecule has 1 atom stereocenters. The first-order valence-corrected chi connectivity index (χ1v) is 8.84. The van der Waals surface area contributed by atoms with Crippen molar-refractivity contribution in [2.24, 2.45) is 11.8 Å². The molecule has 1 aromatic heterocycles. The lowest BCUT2D eigenvalue weighted by molar-refractivity contribution is -0.144. The molecule has 0 spiro atoms. The zero-order chi connectivity index (χ0) is 17.6. The molecule has 4 rings (SSSR count). The van der Waals surface area contributed by atoms with Gasteiger partial charge in [-0.05, 0) is 36.3 Å². The molecule has 2 aromatic rings. The maximum atomic E-state index is 13.0. The minimum absolute atomic E-state index is 0.0239. The number of aliphatic carboxylic acids is 1. The number of rotatable bonds is 5. The Hall–Kier alpha value is -2.31. The number of carboxylic acid groups (broad SMARTS) is 1. The standard InChI is InChI=1S/C18H21BN3O3/c1-19-15-5-11-4-12(6-16(23)24)18(25)22(8-10-2-3-10)9-14(11)13-7-20-21-17(13)15/h5,7,10,12H,2-4,6,8-9H2,1H3,(H,20,21)(H,23,24)/t12-/m0/s1. The third-order valence-corrected chi connectivity index (χ3v) is 5.35. The van der Waals surface area contributed by atoms with Crippen LogP contribution in [0.1, 0.15) is 30.4 Å². The third-order valence-electron chi connectivity index (χ3n) is 5.35. The van der Waals surface area contributed by atoms with E-state index in [1.807, 2.05) is 25.2 Å². The number of fused-ring (bicyclic) bond motifs is 3. The monoisotopic (exact) mass is 338 g/mol. The van der Waals surface area contributed by atoms with Crippen molar-refractivity contribution in [1.82, 2.24) is 15.1 Å². The summed E-state index contributed by atoms with van der Waals surface area (Å²) in [4.78, 5) is 26.1. The van der Waals surface area contributed by atoms with Gasteiger partial charge in [0.25, 0.3) is 0 Å². The first kappa shape index (κ1) is 16.2. The Morgan fingerprint density at radius 3 is 2.96 bits per heavy atom. The number of aromatic amines is 1. The van der Waals surface area contributed by atoms with E-state index < -0.39 is 11.9 Å². The van der Waals surface area contributed by atoms with Crippen molar-refractivity contribution in [3.8, 4) is 0 Å². The average Bonchev–Trinajstić information content (AvgIpc) is 3.28. The van der Waals surface area contributed by atoms with E-state index in [0.717, 1.165) is 46.9 Å². The van der Waals surface area contributed by atoms with E-state index in [-0.39, 0.29) is 12.3 Å². The minimum atomic E-state index is -0.917. The molecule has 0 saturated heterocycles. The number of carboxylic acids is 1. The predicted octanol–water partition coefficient (Wildman–Crippen LogP) is 1.33. The summed E-state index contributed by atoms with van der Waals surface area (Å²) in [6.07, 6.45) is 4.49. The fourth-order valence-corrected chi connectivity index (χ4v) is 3.87. The van der Waals surface area contributed by atoms with E-state index in [0.29, 0.717) is 18.9 Å². The van der Waals surface area contributed by atoms with Crippen molar-refractivity contribution in [2.45, 2.75) is 39.1 Å². The Bertz CT molecular complexity index is 843. The Kier molecular flexibility index (Phi) is 4.02. The van der Waals surface area contributed by atoms with Gasteiger partial charge in [0.05, 0.1) is 24.1 Å². The van der Waals surface area contributed by atoms with Crippen molar-refractivity contribution < 1.29 is 14.7 Å². The van der Waals surface area contributed by atoms with E-state index in [4.69, 9.17) is 0 Å². The fourth-order valence-electron chi connectivity index (χ4n) is 3.87. The highest BCUT2D eigenvalue weighted by molar-refractivity contribution is 6.55. The number of nitrogens with one attached hydrogen (secondary N) is 1. The van der Waals surface area contributed by atoms with Gasteiger partial charge in [0, 0.05) is 18.5 Å². The molecule has 2 aliphatic rings. The Morgan fingerprint density at radius 2 is 2.28 bits per heavy atom. The van der Waals surface area contributed by atoms with Gasteiger partial charge >= 0.3 is 5.97 Å². The molecule has 1 aromatic carbocycles. The van der Waals surface area contributed by atoms with Gasteiger partial charge in [-0.1, -0.05) is 18.4 Å². The molecule has 1 saturated carbocycles. The second-order valence-corrected chi connectivity index (χ2v) is 7.21. The molecule has 0 bridgehead atoms. The number of nitrogens with zero attached hydrogens (tertiary/aromatic N) is 2. The van der Waals surface area contributed by atoms with E-state index in [1.165, 1.54) is 0 Å². The largest absolute Gasteiger partial charge is 0.481 e. The molecular formula is C18H21BN3O3. The van der Waals surface area contributed by atoms with Crippen LogP contribution < -0.4 is 5.46 Å². The number of carbonyl (C=O) groups excluding carboxylic acids is 1. The molecule has 1 aliphatic heterocycles. The maximum Gasteiger partial charge on any atom is 0.304 e. The van der Waals surface area contributed by atoms with Crippen molar-refractivity contribution in [3.63, 3.8) is 0 Å². The molecule has 1 aliphatic carbocycles. The fraction of sp³-hybridized carbons (Fsp3) is 0.500. The lowest BCUT2D eigenvalue weighted by atomic mass is 9.71. The number of amides is 1. The van der Waals surface area contributed by atoms with Gasteiger partial charge in [0.1, 0.15) is 0 Å². The molecule has 1 amide bonds. The summed E-state index contributed by atoms with van der Waals surface area (Å²) in [7, 11) is 2.02. The number of aromatic nitrogens is 2. The molecule has 7 heteroatoms. The summed E-state index contributed by atoms with van der Waals surface area (Å²) in [6, 6.07) is 2.08. The van der Waals surface area contributed by atoms with Gasteiger partial charge in [-0.2, -0.15) is 5.10 Å². The SMILES string of the molecule is C[B]c1cc2c(c3cn[nH]c13)CN(CC1CC1)C(=O)[C@H](CC(=O)O)C2. The third kappa shape index (κ3) is 3.03. The van der Waals surface area contributed by atoms with Crippen LogP contribution in [0.5, 0.6) is 0 Å². The number of carbonyl (C=O) groups is 2. The van der Waals surface area contributed by atoms with Crippen LogP contribution in [0.3, 0.4) is 0 Å². The Morgan fingerprint density at radius 1 is 1.48 bits per heavy atom. The van der Waals surface area contributed by atoms with Gasteiger partial charge in [-0.3, -0.25) is 14.7 Å². The lowest BCUT2D eigenvalue weighted by Crippen LogP contribution is -2.36. The molecule has 0 unspecified atom stereocenters. The highest BCUT2D eigenvalue weighted by Gasteiger charge is 2.35. The second kappa shape index (κ2) is 6.21. The van der Waals surface area contributed by atoms with Crippen LogP contribution >= 0.6 is 0 Å². The zero-order valence-corrected chi connectivity index (χ0v) is 14.3. The van der Waals surface area contributed by atoms with E-state index in [9.17, 15) is 14.7 Å². The van der Waals surface area contributed by atoms with Gasteiger partial charge in [-0.25, -0.2) is 0 Å². The number of H-pyrrole nitrogens is 1. The van der Waals surface area contributed by atoms with Gasteiger partial charge in [0.2, 0.25) is 5.91 Å². The normalized spacial score (nSPS) is 20.4. The first-order valence-electron chi connectivity index (χ1n) is 8.84. The summed E-state index contributed by atoms with van der Waals surface area (Å²) in [6.45, 7) is 3.24. The summed E-state index contributed by atoms with van der Waals surface area (Å²) in [5, 5.41) is 17.5. The maximum absolute atomic E-state index is 13.0. The summed E-state index contributed by atoms with van der Waals surface area (Å²) >= 11 is 0. The van der Waals surface area contributed by atoms with Crippen molar-refractivity contribution in [2.75, 3.05) is 6.54 Å². The Balaban J connectivity index is 1.80. The Labute approximate surface area is 146 Å². The number of hydrogen-bond donors (Lipinski definition) is 2. The van der Waals surface area contributed by atoms with E-state index in [2.05, 4.69) is 16.3 Å². The van der Waals surface area contributed by atoms with Gasteiger partial charge in [-0.15, -0.1) is 0 Å². The quantitative estimate of drug-likeness (QED) is 0.806. The van der Waals surface area contributed by atoms with E-state index in [1.54, 1.807) is 0 Å². The number of benzene rings is 1. The molecule has 2 heterocycles. The summed E-state index contributed by atoms with van der Waals surface area (Å²) in [5.41, 5.74) is 4.20. The number of hydrogen-bond acceptors (Lipinski definition) is 3. The van der Waals surface area contributed by atoms with Crippen LogP contribution in [-0.2, 0) is 22.6 Å². The summed E-state index contributed by atoms with van der Waals surface area (Å²) < 4.78 is 0. The van der Waals surface area contributed by atoms with Crippen LogP contribution in [0.2, 0.25) is 6.82 Å². The molecule has 25 heavy (non-hydrogen) atoms. The highest BCUT2D eigenvalue weighted by Crippen LogP contribution is 2.34. The molecular weight excluding hydrogens is 317 g/mol. The van der Waals surface area contributed by atoms with Crippen LogP contribution in [0.25, 0.3) is 10.9 Å². The van der Waals surface area contributed by atoms with Crippen LogP contribution in [0.4, 0.5) is 0 Å². The van der Waals surface area contributed by atoms with Gasteiger partial charge < -0.3 is 10.0 Å². The molecule has 6 nitrogen and oxygen atoms in total. The highest BCUT2D eigenvalue weighted by atomic mass is 16.4. The van der Waals surface area contributed by atoms with Crippen LogP contribution in [0.15, 0.2) is 12.3 Å². The topological polar surface area (TPSA) is 86.3 Å². The van der Waals surface area contributed by atoms with Crippen LogP contribution in [-0.4, -0.2) is 45.9 Å². The predicted molar refractivity (Wildman–Crippen MR) is 94.9 cm³/mol. The second-order valence-electron chi connectivity index (χ2n) is 7.21. The molecule has 1 radical (unpaired) electrons. The smallest absolute Gasteiger partial charge is 0.304 e. The first-order chi connectivity index (χ1) is 12.1. The van der Waals surface area contributed by atoms with Crippen molar-refractivity contribution in [1.29, 1.82) is 0 Å². The molecule has 129 valence electrons. The molecule has 2 N–H and O–H groups in total. The van der Waals surface area contributed by atoms with Gasteiger partial charge in [0.15, 0.2) is 7.28 Å². The average molecular weight is 338 g/mol.